The van der Waals surface area contributed by atoms with Crippen molar-refractivity contribution in [1.29, 1.82) is 0 Å². The maximum atomic E-state index is 11.8. The SMILES string of the molecule is CCCCC(=O)N(C)c1ccc(C(N)=S)cc1. The molecule has 1 aromatic rings. The van der Waals surface area contributed by atoms with Crippen LogP contribution in [0.25, 0.3) is 0 Å². The van der Waals surface area contributed by atoms with Crippen LogP contribution in [0.3, 0.4) is 0 Å². The number of carbonyl (C=O) groups is 1. The first-order valence-electron chi connectivity index (χ1n) is 5.72. The van der Waals surface area contributed by atoms with Gasteiger partial charge in [0.1, 0.15) is 4.99 Å². The molecule has 3 nitrogen and oxygen atoms in total. The van der Waals surface area contributed by atoms with Crippen LogP contribution in [0.15, 0.2) is 24.3 Å². The predicted molar refractivity (Wildman–Crippen MR) is 75.3 cm³/mol. The highest BCUT2D eigenvalue weighted by Crippen LogP contribution is 2.15. The Morgan fingerprint density at radius 2 is 1.94 bits per heavy atom. The van der Waals surface area contributed by atoms with Gasteiger partial charge < -0.3 is 10.6 Å². The van der Waals surface area contributed by atoms with E-state index in [1.165, 1.54) is 0 Å². The van der Waals surface area contributed by atoms with Gasteiger partial charge in [-0.05, 0) is 30.7 Å². The second kappa shape index (κ2) is 6.35. The average molecular weight is 250 g/mol. The Morgan fingerprint density at radius 3 is 2.41 bits per heavy atom. The Labute approximate surface area is 108 Å². The number of hydrogen-bond donors (Lipinski definition) is 1. The van der Waals surface area contributed by atoms with Crippen LogP contribution >= 0.6 is 12.2 Å². The zero-order chi connectivity index (χ0) is 12.8. The number of hydrogen-bond acceptors (Lipinski definition) is 2. The summed E-state index contributed by atoms with van der Waals surface area (Å²) < 4.78 is 0. The zero-order valence-corrected chi connectivity index (χ0v) is 11.1. The van der Waals surface area contributed by atoms with Gasteiger partial charge in [-0.25, -0.2) is 0 Å². The molecule has 0 unspecified atom stereocenters. The van der Waals surface area contributed by atoms with E-state index in [1.807, 2.05) is 24.3 Å². The van der Waals surface area contributed by atoms with Gasteiger partial charge in [-0.2, -0.15) is 0 Å². The molecule has 0 aliphatic carbocycles. The van der Waals surface area contributed by atoms with Crippen molar-refractivity contribution in [3.63, 3.8) is 0 Å². The van der Waals surface area contributed by atoms with Crippen LogP contribution in [-0.2, 0) is 4.79 Å². The maximum Gasteiger partial charge on any atom is 0.226 e. The molecule has 0 atom stereocenters. The highest BCUT2D eigenvalue weighted by atomic mass is 32.1. The highest BCUT2D eigenvalue weighted by molar-refractivity contribution is 7.80. The molecule has 92 valence electrons. The average Bonchev–Trinajstić information content (AvgIpc) is 2.35. The summed E-state index contributed by atoms with van der Waals surface area (Å²) in [6, 6.07) is 7.39. The lowest BCUT2D eigenvalue weighted by atomic mass is 10.2. The fraction of sp³-hybridized carbons (Fsp3) is 0.385. The minimum atomic E-state index is 0.134. The van der Waals surface area contributed by atoms with Gasteiger partial charge in [0.15, 0.2) is 0 Å². The minimum absolute atomic E-state index is 0.134. The first-order valence-corrected chi connectivity index (χ1v) is 6.13. The van der Waals surface area contributed by atoms with Crippen LogP contribution in [0.5, 0.6) is 0 Å². The zero-order valence-electron chi connectivity index (χ0n) is 10.3. The standard InChI is InChI=1S/C13H18N2OS/c1-3-4-5-12(16)15(2)11-8-6-10(7-9-11)13(14)17/h6-9H,3-5H2,1-2H3,(H2,14,17). The van der Waals surface area contributed by atoms with E-state index in [9.17, 15) is 4.79 Å². The van der Waals surface area contributed by atoms with E-state index in [-0.39, 0.29) is 5.91 Å². The van der Waals surface area contributed by atoms with Gasteiger partial charge in [0, 0.05) is 24.7 Å². The molecule has 0 saturated heterocycles. The van der Waals surface area contributed by atoms with Gasteiger partial charge in [0.2, 0.25) is 5.91 Å². The van der Waals surface area contributed by atoms with E-state index >= 15 is 0 Å². The van der Waals surface area contributed by atoms with Crippen LogP contribution in [0, 0.1) is 0 Å². The van der Waals surface area contributed by atoms with Gasteiger partial charge in [0.25, 0.3) is 0 Å². The Hall–Kier alpha value is -1.42. The Kier molecular flexibility index (Phi) is 5.10. The summed E-state index contributed by atoms with van der Waals surface area (Å²) in [6.07, 6.45) is 2.54. The molecular formula is C13H18N2OS. The smallest absolute Gasteiger partial charge is 0.226 e. The number of nitrogens with zero attached hydrogens (tertiary/aromatic N) is 1. The molecule has 1 aromatic carbocycles. The molecule has 0 aliphatic rings. The molecule has 0 aromatic heterocycles. The number of amides is 1. The van der Waals surface area contributed by atoms with E-state index in [1.54, 1.807) is 11.9 Å². The van der Waals surface area contributed by atoms with Crippen molar-refractivity contribution in [1.82, 2.24) is 0 Å². The molecule has 0 saturated carbocycles. The summed E-state index contributed by atoms with van der Waals surface area (Å²) in [5.74, 6) is 0.134. The molecule has 1 rings (SSSR count). The monoisotopic (exact) mass is 250 g/mol. The lowest BCUT2D eigenvalue weighted by Gasteiger charge is -2.17. The molecule has 2 N–H and O–H groups in total. The molecule has 0 bridgehead atoms. The molecule has 4 heteroatoms. The predicted octanol–water partition coefficient (Wildman–Crippen LogP) is 2.47. The van der Waals surface area contributed by atoms with Crippen LogP contribution in [0.1, 0.15) is 31.7 Å². The molecule has 17 heavy (non-hydrogen) atoms. The van der Waals surface area contributed by atoms with Crippen LogP contribution in [0.2, 0.25) is 0 Å². The van der Waals surface area contributed by atoms with E-state index < -0.39 is 0 Å². The van der Waals surface area contributed by atoms with Crippen molar-refractivity contribution in [2.45, 2.75) is 26.2 Å². The summed E-state index contributed by atoms with van der Waals surface area (Å²) in [7, 11) is 1.79. The fourth-order valence-electron chi connectivity index (χ4n) is 1.49. The Bertz CT molecular complexity index is 400. The number of carbonyl (C=O) groups excluding carboxylic acids is 1. The van der Waals surface area contributed by atoms with Crippen molar-refractivity contribution in [3.05, 3.63) is 29.8 Å². The van der Waals surface area contributed by atoms with Crippen LogP contribution < -0.4 is 10.6 Å². The Balaban J connectivity index is 2.72. The Morgan fingerprint density at radius 1 is 1.35 bits per heavy atom. The van der Waals surface area contributed by atoms with Crippen molar-refractivity contribution < 1.29 is 4.79 Å². The molecule has 0 radical (unpaired) electrons. The third-order valence-electron chi connectivity index (χ3n) is 2.66. The lowest BCUT2D eigenvalue weighted by Crippen LogP contribution is -2.25. The largest absolute Gasteiger partial charge is 0.389 e. The van der Waals surface area contributed by atoms with Crippen molar-refractivity contribution in [3.8, 4) is 0 Å². The lowest BCUT2D eigenvalue weighted by molar-refractivity contribution is -0.118. The second-order valence-corrected chi connectivity index (χ2v) is 4.41. The van der Waals surface area contributed by atoms with Crippen LogP contribution in [0.4, 0.5) is 5.69 Å². The molecule has 0 spiro atoms. The highest BCUT2D eigenvalue weighted by Gasteiger charge is 2.10. The van der Waals surface area contributed by atoms with Crippen molar-refractivity contribution in [2.75, 3.05) is 11.9 Å². The topological polar surface area (TPSA) is 46.3 Å². The summed E-state index contributed by atoms with van der Waals surface area (Å²) in [4.78, 5) is 13.8. The number of benzene rings is 1. The van der Waals surface area contributed by atoms with Gasteiger partial charge in [0.05, 0.1) is 0 Å². The van der Waals surface area contributed by atoms with Crippen molar-refractivity contribution in [2.24, 2.45) is 5.73 Å². The number of rotatable bonds is 5. The summed E-state index contributed by atoms with van der Waals surface area (Å²) >= 11 is 4.88. The molecule has 0 heterocycles. The van der Waals surface area contributed by atoms with Crippen LogP contribution in [-0.4, -0.2) is 17.9 Å². The number of nitrogens with two attached hydrogens (primary N) is 1. The molecular weight excluding hydrogens is 232 g/mol. The van der Waals surface area contributed by atoms with E-state index in [2.05, 4.69) is 6.92 Å². The maximum absolute atomic E-state index is 11.8. The van der Waals surface area contributed by atoms with Gasteiger partial charge in [-0.3, -0.25) is 4.79 Å². The van der Waals surface area contributed by atoms with E-state index in [0.717, 1.165) is 24.1 Å². The van der Waals surface area contributed by atoms with E-state index in [4.69, 9.17) is 18.0 Å². The summed E-state index contributed by atoms with van der Waals surface area (Å²) in [6.45, 7) is 2.07. The normalized spacial score (nSPS) is 10.0. The number of thiocarbonyl (C=S) groups is 1. The van der Waals surface area contributed by atoms with Gasteiger partial charge in [-0.1, -0.05) is 25.6 Å². The third kappa shape index (κ3) is 3.82. The van der Waals surface area contributed by atoms with E-state index in [0.29, 0.717) is 11.4 Å². The first kappa shape index (κ1) is 13.6. The summed E-state index contributed by atoms with van der Waals surface area (Å²) in [5, 5.41) is 0. The molecule has 0 aliphatic heterocycles. The van der Waals surface area contributed by atoms with Gasteiger partial charge >= 0.3 is 0 Å². The summed E-state index contributed by atoms with van der Waals surface area (Å²) in [5.41, 5.74) is 7.20. The molecule has 0 fully saturated rings. The quantitative estimate of drug-likeness (QED) is 0.817. The first-order chi connectivity index (χ1) is 8.06. The minimum Gasteiger partial charge on any atom is -0.389 e. The number of unbranched alkanes of at least 4 members (excludes halogenated alkanes) is 1. The third-order valence-corrected chi connectivity index (χ3v) is 2.89. The van der Waals surface area contributed by atoms with Crippen molar-refractivity contribution >= 4 is 28.8 Å². The number of anilines is 1. The fourth-order valence-corrected chi connectivity index (χ4v) is 1.63. The second-order valence-electron chi connectivity index (χ2n) is 3.97. The van der Waals surface area contributed by atoms with Gasteiger partial charge in [-0.15, -0.1) is 0 Å². The molecule has 1 amide bonds.